The van der Waals surface area contributed by atoms with Crippen LogP contribution in [0, 0.1) is 5.92 Å². The molecule has 2 amide bonds. The number of nitrogens with zero attached hydrogens (tertiary/aromatic N) is 1. The number of nitrogens with one attached hydrogen (secondary N) is 1. The number of hydrogen-bond donors (Lipinski definition) is 2. The van der Waals surface area contributed by atoms with Crippen LogP contribution in [0.25, 0.3) is 0 Å². The minimum atomic E-state index is -0.384. The van der Waals surface area contributed by atoms with Crippen molar-refractivity contribution in [3.8, 4) is 0 Å². The number of benzene rings is 1. The molecule has 1 aliphatic carbocycles. The van der Waals surface area contributed by atoms with Gasteiger partial charge in [-0.2, -0.15) is 11.8 Å². The highest BCUT2D eigenvalue weighted by atomic mass is 32.2. The van der Waals surface area contributed by atoms with Crippen molar-refractivity contribution in [2.75, 3.05) is 25.1 Å². The van der Waals surface area contributed by atoms with Gasteiger partial charge in [-0.05, 0) is 42.2 Å². The Morgan fingerprint density at radius 3 is 2.90 bits per heavy atom. The highest BCUT2D eigenvalue weighted by molar-refractivity contribution is 7.98. The van der Waals surface area contributed by atoms with E-state index < -0.39 is 0 Å². The van der Waals surface area contributed by atoms with Gasteiger partial charge in [-0.15, -0.1) is 0 Å². The molecule has 110 valence electrons. The fraction of sp³-hybridized carbons (Fsp3) is 0.533. The molecule has 1 aliphatic rings. The molecule has 1 aromatic carbocycles. The first-order valence-electron chi connectivity index (χ1n) is 7.00. The number of hydrogen-bond acceptors (Lipinski definition) is 3. The minimum absolute atomic E-state index is 0.374. The van der Waals surface area contributed by atoms with Crippen LogP contribution in [0.5, 0.6) is 0 Å². The number of urea groups is 1. The third-order valence-electron chi connectivity index (χ3n) is 3.59. The molecular weight excluding hydrogens is 272 g/mol. The summed E-state index contributed by atoms with van der Waals surface area (Å²) in [6.45, 7) is 1.03. The summed E-state index contributed by atoms with van der Waals surface area (Å²) in [6.07, 6.45) is 4.01. The smallest absolute Gasteiger partial charge is 0.336 e. The number of amides is 2. The Hall–Kier alpha value is -1.20. The second kappa shape index (κ2) is 7.55. The Kier molecular flexibility index (Phi) is 5.73. The molecule has 0 aromatic heterocycles. The molecular formula is C15H22N2O2S. The highest BCUT2D eigenvalue weighted by Crippen LogP contribution is 2.47. The molecule has 1 fully saturated rings. The zero-order chi connectivity index (χ0) is 14.4. The normalized spacial score (nSPS) is 20.5. The molecule has 0 heterocycles. The van der Waals surface area contributed by atoms with E-state index in [1.165, 1.54) is 5.56 Å². The number of carbonyl (C=O) groups excluding carboxylic acids is 1. The maximum atomic E-state index is 11.7. The topological polar surface area (TPSA) is 52.6 Å². The van der Waals surface area contributed by atoms with Crippen molar-refractivity contribution < 1.29 is 10.0 Å². The van der Waals surface area contributed by atoms with E-state index in [9.17, 15) is 10.0 Å². The maximum absolute atomic E-state index is 11.7. The molecule has 5 heteroatoms. The van der Waals surface area contributed by atoms with Crippen LogP contribution in [0.15, 0.2) is 30.3 Å². The largest absolute Gasteiger partial charge is 0.341 e. The summed E-state index contributed by atoms with van der Waals surface area (Å²) in [5.74, 6) is 1.87. The van der Waals surface area contributed by atoms with Crippen LogP contribution in [0.3, 0.4) is 0 Å². The van der Waals surface area contributed by atoms with Crippen LogP contribution < -0.4 is 5.32 Å². The van der Waals surface area contributed by atoms with Gasteiger partial charge in [0.15, 0.2) is 0 Å². The van der Waals surface area contributed by atoms with Crippen molar-refractivity contribution in [2.45, 2.75) is 18.8 Å². The maximum Gasteiger partial charge on any atom is 0.341 e. The van der Waals surface area contributed by atoms with Gasteiger partial charge < -0.3 is 5.32 Å². The predicted octanol–water partition coefficient (Wildman–Crippen LogP) is 2.94. The molecule has 0 spiro atoms. The van der Waals surface area contributed by atoms with Gasteiger partial charge >= 0.3 is 6.03 Å². The van der Waals surface area contributed by atoms with Crippen LogP contribution in [0.1, 0.15) is 24.3 Å². The van der Waals surface area contributed by atoms with Gasteiger partial charge in [-0.1, -0.05) is 30.3 Å². The zero-order valence-electron chi connectivity index (χ0n) is 11.8. The van der Waals surface area contributed by atoms with Crippen molar-refractivity contribution in [3.63, 3.8) is 0 Å². The minimum Gasteiger partial charge on any atom is -0.336 e. The quantitative estimate of drug-likeness (QED) is 0.462. The lowest BCUT2D eigenvalue weighted by molar-refractivity contribution is -0.0468. The van der Waals surface area contributed by atoms with Gasteiger partial charge in [-0.3, -0.25) is 5.21 Å². The number of carbonyl (C=O) groups is 1. The van der Waals surface area contributed by atoms with Crippen molar-refractivity contribution in [1.82, 2.24) is 10.4 Å². The summed E-state index contributed by atoms with van der Waals surface area (Å²) in [7, 11) is 0. The van der Waals surface area contributed by atoms with Gasteiger partial charge in [-0.25, -0.2) is 9.86 Å². The molecule has 0 aliphatic heterocycles. The average Bonchev–Trinajstić information content (AvgIpc) is 3.23. The Labute approximate surface area is 124 Å². The molecule has 2 N–H and O–H groups in total. The van der Waals surface area contributed by atoms with Crippen molar-refractivity contribution in [1.29, 1.82) is 0 Å². The molecule has 20 heavy (non-hydrogen) atoms. The monoisotopic (exact) mass is 294 g/mol. The number of rotatable bonds is 7. The molecule has 2 rings (SSSR count). The third kappa shape index (κ3) is 4.42. The summed E-state index contributed by atoms with van der Waals surface area (Å²) in [5.41, 5.74) is 1.30. The van der Waals surface area contributed by atoms with Crippen molar-refractivity contribution in [2.24, 2.45) is 5.92 Å². The van der Waals surface area contributed by atoms with Crippen LogP contribution >= 0.6 is 11.8 Å². The molecule has 0 bridgehead atoms. The SMILES string of the molecule is CSCCCNC(=O)N(O)C[C@@H]1C[C@H]1c1ccccc1. The standard InChI is InChI=1S/C15H22N2O2S/c1-20-9-5-8-16-15(18)17(19)11-13-10-14(13)12-6-3-2-4-7-12/h2-4,6-7,13-14,19H,5,8-11H2,1H3,(H,16,18)/t13-,14-/m0/s1. The fourth-order valence-corrected chi connectivity index (χ4v) is 2.80. The third-order valence-corrected chi connectivity index (χ3v) is 4.29. The number of hydroxylamine groups is 2. The van der Waals surface area contributed by atoms with Gasteiger partial charge in [0, 0.05) is 6.54 Å². The van der Waals surface area contributed by atoms with Crippen molar-refractivity contribution >= 4 is 17.8 Å². The van der Waals surface area contributed by atoms with E-state index in [4.69, 9.17) is 0 Å². The summed E-state index contributed by atoms with van der Waals surface area (Å²) in [5, 5.41) is 13.3. The van der Waals surface area contributed by atoms with Crippen LogP contribution in [-0.2, 0) is 0 Å². The van der Waals surface area contributed by atoms with E-state index in [2.05, 4.69) is 17.4 Å². The summed E-state index contributed by atoms with van der Waals surface area (Å²) < 4.78 is 0. The van der Waals surface area contributed by atoms with Crippen LogP contribution in [0.4, 0.5) is 4.79 Å². The fourth-order valence-electron chi connectivity index (χ4n) is 2.37. The lowest BCUT2D eigenvalue weighted by Gasteiger charge is -2.15. The average molecular weight is 294 g/mol. The first kappa shape index (κ1) is 15.2. The van der Waals surface area contributed by atoms with Crippen LogP contribution in [0.2, 0.25) is 0 Å². The van der Waals surface area contributed by atoms with Crippen LogP contribution in [-0.4, -0.2) is 41.4 Å². The lowest BCUT2D eigenvalue weighted by atomic mass is 10.1. The molecule has 2 atom stereocenters. The number of thioether (sulfide) groups is 1. The summed E-state index contributed by atoms with van der Waals surface area (Å²) >= 11 is 1.75. The van der Waals surface area contributed by atoms with E-state index in [0.717, 1.165) is 23.7 Å². The van der Waals surface area contributed by atoms with E-state index in [-0.39, 0.29) is 6.03 Å². The second-order valence-electron chi connectivity index (χ2n) is 5.17. The Morgan fingerprint density at radius 1 is 1.45 bits per heavy atom. The first-order valence-corrected chi connectivity index (χ1v) is 8.40. The Bertz CT molecular complexity index is 427. The van der Waals surface area contributed by atoms with Gasteiger partial charge in [0.2, 0.25) is 0 Å². The highest BCUT2D eigenvalue weighted by Gasteiger charge is 2.39. The Morgan fingerprint density at radius 2 is 2.20 bits per heavy atom. The summed E-state index contributed by atoms with van der Waals surface area (Å²) in [6, 6.07) is 9.88. The Balaban J connectivity index is 1.68. The summed E-state index contributed by atoms with van der Waals surface area (Å²) in [4.78, 5) is 11.7. The van der Waals surface area contributed by atoms with E-state index in [0.29, 0.717) is 24.9 Å². The molecule has 4 nitrogen and oxygen atoms in total. The van der Waals surface area contributed by atoms with E-state index in [1.54, 1.807) is 11.8 Å². The molecule has 1 aromatic rings. The molecule has 0 radical (unpaired) electrons. The first-order chi connectivity index (χ1) is 9.72. The predicted molar refractivity (Wildman–Crippen MR) is 82.2 cm³/mol. The van der Waals surface area contributed by atoms with Gasteiger partial charge in [0.25, 0.3) is 0 Å². The van der Waals surface area contributed by atoms with E-state index in [1.807, 2.05) is 24.5 Å². The molecule has 0 saturated heterocycles. The van der Waals surface area contributed by atoms with Gasteiger partial charge in [0.1, 0.15) is 0 Å². The second-order valence-corrected chi connectivity index (χ2v) is 6.16. The van der Waals surface area contributed by atoms with Gasteiger partial charge in [0.05, 0.1) is 6.54 Å². The van der Waals surface area contributed by atoms with Crippen molar-refractivity contribution in [3.05, 3.63) is 35.9 Å². The molecule has 0 unspecified atom stereocenters. The lowest BCUT2D eigenvalue weighted by Crippen LogP contribution is -2.39. The zero-order valence-corrected chi connectivity index (χ0v) is 12.6. The van der Waals surface area contributed by atoms with E-state index >= 15 is 0 Å². The molecule has 1 saturated carbocycles.